The number of benzene rings is 1. The van der Waals surface area contributed by atoms with E-state index in [2.05, 4.69) is 12.2 Å². The molecule has 2 N–H and O–H groups in total. The summed E-state index contributed by atoms with van der Waals surface area (Å²) < 4.78 is 32.4. The molecule has 0 aromatic heterocycles. The number of carbonyl (C=O) groups is 1. The van der Waals surface area contributed by atoms with Gasteiger partial charge in [-0.1, -0.05) is 13.3 Å². The van der Waals surface area contributed by atoms with E-state index in [0.717, 1.165) is 25.0 Å². The molecule has 0 atom stereocenters. The molecule has 0 radical (unpaired) electrons. The molecule has 20 heavy (non-hydrogen) atoms. The lowest BCUT2D eigenvalue weighted by atomic mass is 10.2. The average Bonchev–Trinajstić information content (AvgIpc) is 2.40. The third-order valence-corrected chi connectivity index (χ3v) is 2.70. The Bertz CT molecular complexity index is 429. The van der Waals surface area contributed by atoms with Crippen LogP contribution in [0.25, 0.3) is 0 Å². The maximum absolute atomic E-state index is 13.5. The van der Waals surface area contributed by atoms with E-state index in [9.17, 15) is 13.6 Å². The van der Waals surface area contributed by atoms with Gasteiger partial charge in [0.25, 0.3) is 0 Å². The predicted octanol–water partition coefficient (Wildman–Crippen LogP) is 3.28. The molecule has 112 valence electrons. The van der Waals surface area contributed by atoms with Crippen LogP contribution in [-0.4, -0.2) is 30.8 Å². The number of anilines is 1. The molecule has 0 unspecified atom stereocenters. The molecule has 6 heteroatoms. The fourth-order valence-corrected chi connectivity index (χ4v) is 1.60. The van der Waals surface area contributed by atoms with E-state index in [1.54, 1.807) is 0 Å². The maximum atomic E-state index is 13.5. The van der Waals surface area contributed by atoms with Crippen molar-refractivity contribution in [2.45, 2.75) is 26.2 Å². The lowest BCUT2D eigenvalue weighted by Gasteiger charge is -2.10. The molecule has 0 spiro atoms. The summed E-state index contributed by atoms with van der Waals surface area (Å²) >= 11 is 0. The predicted molar refractivity (Wildman–Crippen MR) is 72.2 cm³/mol. The Morgan fingerprint density at radius 1 is 1.25 bits per heavy atom. The second-order valence-corrected chi connectivity index (χ2v) is 4.37. The van der Waals surface area contributed by atoms with Gasteiger partial charge in [0, 0.05) is 19.8 Å². The second-order valence-electron chi connectivity index (χ2n) is 4.37. The van der Waals surface area contributed by atoms with Crippen LogP contribution >= 0.6 is 0 Å². The molecule has 0 aliphatic rings. The minimum Gasteiger partial charge on any atom is -0.478 e. The summed E-state index contributed by atoms with van der Waals surface area (Å²) in [5, 5.41) is 11.3. The SMILES string of the molecule is CCCCOCCCNc1c(F)cc(C(=O)O)cc1F. The number of hydrogen-bond acceptors (Lipinski definition) is 3. The van der Waals surface area contributed by atoms with E-state index in [1.807, 2.05) is 0 Å². The van der Waals surface area contributed by atoms with Crippen LogP contribution in [0.2, 0.25) is 0 Å². The highest BCUT2D eigenvalue weighted by Crippen LogP contribution is 2.20. The molecular weight excluding hydrogens is 268 g/mol. The van der Waals surface area contributed by atoms with E-state index in [1.165, 1.54) is 0 Å². The summed E-state index contributed by atoms with van der Waals surface area (Å²) in [5.41, 5.74) is -0.711. The highest BCUT2D eigenvalue weighted by atomic mass is 19.1. The molecule has 0 saturated carbocycles. The van der Waals surface area contributed by atoms with E-state index >= 15 is 0 Å². The summed E-state index contributed by atoms with van der Waals surface area (Å²) in [6.45, 7) is 3.62. The first kappa shape index (κ1) is 16.4. The monoisotopic (exact) mass is 287 g/mol. The average molecular weight is 287 g/mol. The van der Waals surface area contributed by atoms with E-state index in [-0.39, 0.29) is 5.69 Å². The number of nitrogens with one attached hydrogen (secondary N) is 1. The van der Waals surface area contributed by atoms with Crippen molar-refractivity contribution in [2.75, 3.05) is 25.1 Å². The minimum atomic E-state index is -1.36. The van der Waals surface area contributed by atoms with Crippen molar-refractivity contribution in [1.82, 2.24) is 0 Å². The first-order valence-corrected chi connectivity index (χ1v) is 6.60. The third kappa shape index (κ3) is 5.13. The van der Waals surface area contributed by atoms with Crippen LogP contribution in [0, 0.1) is 11.6 Å². The van der Waals surface area contributed by atoms with Crippen LogP contribution in [0.3, 0.4) is 0 Å². The van der Waals surface area contributed by atoms with Crippen LogP contribution < -0.4 is 5.32 Å². The highest BCUT2D eigenvalue weighted by molar-refractivity contribution is 5.88. The van der Waals surface area contributed by atoms with Crippen LogP contribution in [-0.2, 0) is 4.74 Å². The molecule has 0 bridgehead atoms. The van der Waals surface area contributed by atoms with Gasteiger partial charge in [0.2, 0.25) is 0 Å². The Hall–Kier alpha value is -1.69. The van der Waals surface area contributed by atoms with Crippen LogP contribution in [0.1, 0.15) is 36.5 Å². The number of hydrogen-bond donors (Lipinski definition) is 2. The van der Waals surface area contributed by atoms with Crippen molar-refractivity contribution >= 4 is 11.7 Å². The van der Waals surface area contributed by atoms with E-state index < -0.39 is 23.2 Å². The van der Waals surface area contributed by atoms with Gasteiger partial charge < -0.3 is 15.2 Å². The molecule has 4 nitrogen and oxygen atoms in total. The summed E-state index contributed by atoms with van der Waals surface area (Å²) in [5.74, 6) is -3.18. The largest absolute Gasteiger partial charge is 0.478 e. The lowest BCUT2D eigenvalue weighted by molar-refractivity contribution is 0.0696. The van der Waals surface area contributed by atoms with Crippen molar-refractivity contribution in [2.24, 2.45) is 0 Å². The standard InChI is InChI=1S/C14H19F2NO3/c1-2-3-6-20-7-4-5-17-13-11(15)8-10(14(18)19)9-12(13)16/h8-9,17H,2-7H2,1H3,(H,18,19). The number of ether oxygens (including phenoxy) is 1. The Labute approximate surface area is 116 Å². The molecule has 0 heterocycles. The van der Waals surface area contributed by atoms with Crippen LogP contribution in [0.15, 0.2) is 12.1 Å². The Kier molecular flexibility index (Phi) is 6.93. The Balaban J connectivity index is 2.42. The van der Waals surface area contributed by atoms with Gasteiger partial charge in [-0.3, -0.25) is 0 Å². The molecule has 1 aromatic rings. The number of rotatable bonds is 9. The summed E-state index contributed by atoms with van der Waals surface area (Å²) in [6.07, 6.45) is 2.67. The first-order valence-electron chi connectivity index (χ1n) is 6.60. The van der Waals surface area contributed by atoms with Gasteiger partial charge in [-0.05, 0) is 25.0 Å². The van der Waals surface area contributed by atoms with Crippen molar-refractivity contribution in [1.29, 1.82) is 0 Å². The minimum absolute atomic E-state index is 0.302. The Morgan fingerprint density at radius 3 is 2.40 bits per heavy atom. The van der Waals surface area contributed by atoms with Crippen molar-refractivity contribution in [3.63, 3.8) is 0 Å². The van der Waals surface area contributed by atoms with Crippen LogP contribution in [0.4, 0.5) is 14.5 Å². The maximum Gasteiger partial charge on any atom is 0.335 e. The van der Waals surface area contributed by atoms with Crippen molar-refractivity contribution in [3.8, 4) is 0 Å². The van der Waals surface area contributed by atoms with Gasteiger partial charge in [-0.15, -0.1) is 0 Å². The molecule has 0 amide bonds. The van der Waals surface area contributed by atoms with Gasteiger partial charge in [-0.2, -0.15) is 0 Å². The van der Waals surface area contributed by atoms with Gasteiger partial charge >= 0.3 is 5.97 Å². The topological polar surface area (TPSA) is 58.6 Å². The smallest absolute Gasteiger partial charge is 0.335 e. The van der Waals surface area contributed by atoms with E-state index in [0.29, 0.717) is 26.2 Å². The molecular formula is C14H19F2NO3. The zero-order valence-corrected chi connectivity index (χ0v) is 11.4. The Morgan fingerprint density at radius 2 is 1.85 bits per heavy atom. The molecule has 0 fully saturated rings. The molecule has 0 saturated heterocycles. The fraction of sp³-hybridized carbons (Fsp3) is 0.500. The number of carboxylic acids is 1. The summed E-state index contributed by atoms with van der Waals surface area (Å²) in [4.78, 5) is 10.6. The van der Waals surface area contributed by atoms with Crippen molar-refractivity contribution < 1.29 is 23.4 Å². The summed E-state index contributed by atoms with van der Waals surface area (Å²) in [7, 11) is 0. The quantitative estimate of drug-likeness (QED) is 0.684. The molecule has 1 rings (SSSR count). The number of aromatic carboxylic acids is 1. The van der Waals surface area contributed by atoms with Gasteiger partial charge in [0.1, 0.15) is 17.3 Å². The zero-order valence-electron chi connectivity index (χ0n) is 11.4. The number of halogens is 2. The van der Waals surface area contributed by atoms with Gasteiger partial charge in [-0.25, -0.2) is 13.6 Å². The number of carboxylic acid groups (broad SMARTS) is 1. The van der Waals surface area contributed by atoms with Gasteiger partial charge in [0.05, 0.1) is 5.56 Å². The zero-order chi connectivity index (χ0) is 15.0. The van der Waals surface area contributed by atoms with Crippen LogP contribution in [0.5, 0.6) is 0 Å². The van der Waals surface area contributed by atoms with Crippen molar-refractivity contribution in [3.05, 3.63) is 29.3 Å². The highest BCUT2D eigenvalue weighted by Gasteiger charge is 2.14. The van der Waals surface area contributed by atoms with Gasteiger partial charge in [0.15, 0.2) is 0 Å². The van der Waals surface area contributed by atoms with E-state index in [4.69, 9.17) is 9.84 Å². The first-order chi connectivity index (χ1) is 9.56. The molecule has 0 aliphatic carbocycles. The molecule has 1 aromatic carbocycles. The summed E-state index contributed by atoms with van der Waals surface area (Å²) in [6, 6.07) is 1.59. The second kappa shape index (κ2) is 8.47. The normalized spacial score (nSPS) is 10.6. The molecule has 0 aliphatic heterocycles. The lowest BCUT2D eigenvalue weighted by Crippen LogP contribution is -2.10. The fourth-order valence-electron chi connectivity index (χ4n) is 1.60. The third-order valence-electron chi connectivity index (χ3n) is 2.70. The number of unbranched alkanes of at least 4 members (excludes halogenated alkanes) is 1.